The number of benzene rings is 1. The number of nitrogens with zero attached hydrogens (tertiary/aromatic N) is 4. The Kier molecular flexibility index (Phi) is 8.09. The molecule has 3 unspecified atom stereocenters. The third-order valence-corrected chi connectivity index (χ3v) is 7.24. The number of amides is 1. The van der Waals surface area contributed by atoms with Crippen LogP contribution >= 0.6 is 0 Å². The van der Waals surface area contributed by atoms with Crippen LogP contribution < -0.4 is 5.32 Å². The van der Waals surface area contributed by atoms with Crippen molar-refractivity contribution in [3.63, 3.8) is 0 Å². The molecule has 0 bridgehead atoms. The molecule has 208 valence electrons. The zero-order chi connectivity index (χ0) is 26.6. The number of aliphatic hydroxyl groups excluding tert-OH is 1. The minimum Gasteiger partial charge on any atom is -0.386 e. The van der Waals surface area contributed by atoms with Crippen molar-refractivity contribution in [3.05, 3.63) is 48.5 Å². The van der Waals surface area contributed by atoms with Crippen LogP contribution in [0.5, 0.6) is 0 Å². The molecule has 0 spiro atoms. The topological polar surface area (TPSA) is 139 Å². The Balaban J connectivity index is 1.22. The van der Waals surface area contributed by atoms with Gasteiger partial charge in [-0.2, -0.15) is 0 Å². The molecule has 6 atom stereocenters. The van der Waals surface area contributed by atoms with E-state index in [1.54, 1.807) is 28.8 Å². The second kappa shape index (κ2) is 12.0. The van der Waals surface area contributed by atoms with E-state index in [0.29, 0.717) is 29.9 Å². The Labute approximate surface area is 225 Å². The molecule has 2 N–H and O–H groups in total. The van der Waals surface area contributed by atoms with Crippen LogP contribution in [-0.2, 0) is 23.7 Å². The monoisotopic (exact) mass is 539 g/mol. The smallest absolute Gasteiger partial charge is 0.256 e. The van der Waals surface area contributed by atoms with Gasteiger partial charge < -0.3 is 34.1 Å². The van der Waals surface area contributed by atoms with E-state index in [9.17, 15) is 9.90 Å². The first-order chi connectivity index (χ1) is 19.2. The zero-order valence-electron chi connectivity index (χ0n) is 21.6. The summed E-state index contributed by atoms with van der Waals surface area (Å²) in [6.45, 7) is 1.48. The maximum absolute atomic E-state index is 12.7. The van der Waals surface area contributed by atoms with Crippen molar-refractivity contribution in [2.75, 3.05) is 25.1 Å². The highest BCUT2D eigenvalue weighted by Crippen LogP contribution is 2.36. The number of nitrogens with one attached hydrogen (secondary N) is 1. The van der Waals surface area contributed by atoms with E-state index >= 15 is 0 Å². The highest BCUT2D eigenvalue weighted by molar-refractivity contribution is 6.06. The lowest BCUT2D eigenvalue weighted by molar-refractivity contribution is -0.223. The van der Waals surface area contributed by atoms with E-state index in [-0.39, 0.29) is 24.6 Å². The van der Waals surface area contributed by atoms with Crippen LogP contribution in [0.25, 0.3) is 11.2 Å². The van der Waals surface area contributed by atoms with Crippen LogP contribution in [0.3, 0.4) is 0 Å². The largest absolute Gasteiger partial charge is 0.386 e. The third-order valence-electron chi connectivity index (χ3n) is 7.24. The highest BCUT2D eigenvalue weighted by atomic mass is 16.7. The molecule has 3 fully saturated rings. The molecule has 1 aromatic carbocycles. The second-order valence-corrected chi connectivity index (χ2v) is 9.95. The molecule has 3 aliphatic rings. The third kappa shape index (κ3) is 5.81. The number of hydrogen-bond donors (Lipinski definition) is 2. The number of carbonyl (C=O) groups is 1. The summed E-state index contributed by atoms with van der Waals surface area (Å²) in [7, 11) is 0. The van der Waals surface area contributed by atoms with E-state index in [4.69, 9.17) is 23.7 Å². The van der Waals surface area contributed by atoms with Gasteiger partial charge in [-0.25, -0.2) is 15.0 Å². The summed E-state index contributed by atoms with van der Waals surface area (Å²) in [5.74, 6) is -0.0526. The van der Waals surface area contributed by atoms with Crippen LogP contribution in [0.1, 0.15) is 55.1 Å². The molecule has 1 amide bonds. The Morgan fingerprint density at radius 1 is 1.03 bits per heavy atom. The van der Waals surface area contributed by atoms with Gasteiger partial charge in [-0.1, -0.05) is 18.2 Å². The lowest BCUT2D eigenvalue weighted by Crippen LogP contribution is -2.41. The lowest BCUT2D eigenvalue weighted by Gasteiger charge is -2.30. The van der Waals surface area contributed by atoms with Crippen LogP contribution in [0, 0.1) is 0 Å². The molecule has 5 heterocycles. The van der Waals surface area contributed by atoms with Crippen LogP contribution in [0.15, 0.2) is 43.0 Å². The SMILES string of the molecule is O=C(Nc1ncnc2c1ncn2C1O[C@H](COC2CCCCO2)[C@@H](OC2CCCCO2)[C@@H]1O)c1ccccc1. The number of aromatic nitrogens is 4. The first kappa shape index (κ1) is 26.2. The summed E-state index contributed by atoms with van der Waals surface area (Å²) >= 11 is 0. The highest BCUT2D eigenvalue weighted by Gasteiger charge is 2.47. The molecule has 0 saturated carbocycles. The zero-order valence-corrected chi connectivity index (χ0v) is 21.6. The van der Waals surface area contributed by atoms with E-state index in [1.165, 1.54) is 12.7 Å². The molecule has 6 rings (SSSR count). The average molecular weight is 540 g/mol. The normalized spacial score (nSPS) is 29.5. The summed E-state index contributed by atoms with van der Waals surface area (Å²) < 4.78 is 31.7. The maximum Gasteiger partial charge on any atom is 0.256 e. The molecule has 0 radical (unpaired) electrons. The van der Waals surface area contributed by atoms with E-state index in [1.807, 2.05) is 6.07 Å². The summed E-state index contributed by atoms with van der Waals surface area (Å²) in [6, 6.07) is 8.84. The van der Waals surface area contributed by atoms with Gasteiger partial charge in [0.2, 0.25) is 0 Å². The minimum atomic E-state index is -1.05. The molecule has 3 aliphatic heterocycles. The molecule has 39 heavy (non-hydrogen) atoms. The summed E-state index contributed by atoms with van der Waals surface area (Å²) in [5.41, 5.74) is 1.27. The van der Waals surface area contributed by atoms with Gasteiger partial charge in [0.1, 0.15) is 24.6 Å². The number of rotatable bonds is 8. The Morgan fingerprint density at radius 3 is 2.54 bits per heavy atom. The van der Waals surface area contributed by atoms with E-state index in [2.05, 4.69) is 20.3 Å². The van der Waals surface area contributed by atoms with Gasteiger partial charge in [0.05, 0.1) is 12.9 Å². The van der Waals surface area contributed by atoms with Gasteiger partial charge in [0.25, 0.3) is 5.91 Å². The van der Waals surface area contributed by atoms with Crippen LogP contribution in [0.4, 0.5) is 5.82 Å². The first-order valence-corrected chi connectivity index (χ1v) is 13.5. The molecule has 2 aromatic heterocycles. The standard InChI is InChI=1S/C27H33N5O7/c33-22-23(39-20-11-5-7-13-36-20)18(14-37-19-10-4-6-12-35-19)38-27(22)32-16-30-21-24(28-15-29-25(21)32)31-26(34)17-8-2-1-3-9-17/h1-3,8-9,15-16,18-20,22-23,27,33H,4-7,10-14H2,(H,28,29,31,34)/t18-,19?,20?,22+,23-,27?/m1/s1. The molecule has 12 heteroatoms. The number of hydrogen-bond acceptors (Lipinski definition) is 10. The molecular formula is C27H33N5O7. The second-order valence-electron chi connectivity index (χ2n) is 9.95. The summed E-state index contributed by atoms with van der Waals surface area (Å²) in [4.78, 5) is 25.8. The molecule has 3 saturated heterocycles. The number of imidazole rings is 1. The molecule has 12 nitrogen and oxygen atoms in total. The van der Waals surface area contributed by atoms with Gasteiger partial charge in [-0.05, 0) is 50.7 Å². The van der Waals surface area contributed by atoms with Crippen molar-refractivity contribution >= 4 is 22.9 Å². The van der Waals surface area contributed by atoms with Crippen molar-refractivity contribution in [3.8, 4) is 0 Å². The van der Waals surface area contributed by atoms with E-state index in [0.717, 1.165) is 38.5 Å². The van der Waals surface area contributed by atoms with Crippen LogP contribution in [0.2, 0.25) is 0 Å². The lowest BCUT2D eigenvalue weighted by atomic mass is 10.1. The molecule has 0 aliphatic carbocycles. The number of fused-ring (bicyclic) bond motifs is 1. The fraction of sp³-hybridized carbons (Fsp3) is 0.556. The van der Waals surface area contributed by atoms with Crippen molar-refractivity contribution in [2.24, 2.45) is 0 Å². The Bertz CT molecular complexity index is 1250. The van der Waals surface area contributed by atoms with Gasteiger partial charge in [-0.15, -0.1) is 0 Å². The van der Waals surface area contributed by atoms with E-state index < -0.39 is 30.8 Å². The molecular weight excluding hydrogens is 506 g/mol. The van der Waals surface area contributed by atoms with Crippen molar-refractivity contribution in [2.45, 2.75) is 75.6 Å². The number of anilines is 1. The Morgan fingerprint density at radius 2 is 1.79 bits per heavy atom. The summed E-state index contributed by atoms with van der Waals surface area (Å²) in [6.07, 6.45) is 4.58. The van der Waals surface area contributed by atoms with Gasteiger partial charge in [0.15, 0.2) is 35.8 Å². The Hall–Kier alpha value is -3.00. The predicted molar refractivity (Wildman–Crippen MR) is 138 cm³/mol. The first-order valence-electron chi connectivity index (χ1n) is 13.5. The predicted octanol–water partition coefficient (Wildman–Crippen LogP) is 2.79. The van der Waals surface area contributed by atoms with Crippen molar-refractivity contribution < 1.29 is 33.6 Å². The maximum atomic E-state index is 12.7. The fourth-order valence-corrected chi connectivity index (χ4v) is 5.19. The minimum absolute atomic E-state index is 0.190. The number of carbonyl (C=O) groups excluding carboxylic acids is 1. The van der Waals surface area contributed by atoms with Crippen molar-refractivity contribution in [1.29, 1.82) is 0 Å². The van der Waals surface area contributed by atoms with Gasteiger partial charge >= 0.3 is 0 Å². The van der Waals surface area contributed by atoms with Crippen molar-refractivity contribution in [1.82, 2.24) is 19.5 Å². The molecule has 3 aromatic rings. The quantitative estimate of drug-likeness (QED) is 0.439. The number of ether oxygens (including phenoxy) is 5. The van der Waals surface area contributed by atoms with Crippen LogP contribution in [-0.4, -0.2) is 81.2 Å². The average Bonchev–Trinajstić information content (AvgIpc) is 3.55. The number of aliphatic hydroxyl groups is 1. The van der Waals surface area contributed by atoms with Gasteiger partial charge in [-0.3, -0.25) is 9.36 Å². The van der Waals surface area contributed by atoms with Gasteiger partial charge in [0, 0.05) is 18.8 Å². The summed E-state index contributed by atoms with van der Waals surface area (Å²) in [5, 5.41) is 14.2. The fourth-order valence-electron chi connectivity index (χ4n) is 5.19.